The number of carbonyl (C=O) groups excluding carboxylic acids is 1. The van der Waals surface area contributed by atoms with Gasteiger partial charge in [0.15, 0.2) is 0 Å². The molecule has 1 fully saturated rings. The molecule has 1 aromatic heterocycles. The number of hydrogen-bond donors (Lipinski definition) is 1. The quantitative estimate of drug-likeness (QED) is 0.868. The zero-order valence-corrected chi connectivity index (χ0v) is 11.5. The summed E-state index contributed by atoms with van der Waals surface area (Å²) in [5.41, 5.74) is 1.71. The van der Waals surface area contributed by atoms with Crippen LogP contribution in [0, 0.1) is 0 Å². The number of aromatic nitrogens is 3. The minimum atomic E-state index is -0.0140. The van der Waals surface area contributed by atoms with Crippen molar-refractivity contribution in [2.45, 2.75) is 19.4 Å². The minimum Gasteiger partial charge on any atom is -0.353 e. The van der Waals surface area contributed by atoms with Crippen LogP contribution in [0.5, 0.6) is 0 Å². The second kappa shape index (κ2) is 6.00. The van der Waals surface area contributed by atoms with E-state index in [9.17, 15) is 4.79 Å². The molecule has 0 atom stereocenters. The Labute approximate surface area is 117 Å². The smallest absolute Gasteiger partial charge is 0.241 e. The Kier molecular flexibility index (Phi) is 3.92. The van der Waals surface area contributed by atoms with Crippen LogP contribution in [0.2, 0.25) is 0 Å². The first-order valence-electron chi connectivity index (χ1n) is 7.10. The second-order valence-electron chi connectivity index (χ2n) is 5.13. The molecule has 0 radical (unpaired) electrons. The van der Waals surface area contributed by atoms with Crippen LogP contribution in [0.3, 0.4) is 0 Å². The summed E-state index contributed by atoms with van der Waals surface area (Å²) < 4.78 is 1.64. The Morgan fingerprint density at radius 3 is 2.90 bits per heavy atom. The molecule has 0 bridgehead atoms. The van der Waals surface area contributed by atoms with Crippen LogP contribution in [0.1, 0.15) is 12.8 Å². The Morgan fingerprint density at radius 1 is 1.25 bits per heavy atom. The van der Waals surface area contributed by atoms with Gasteiger partial charge >= 0.3 is 0 Å². The zero-order chi connectivity index (χ0) is 13.8. The van der Waals surface area contributed by atoms with E-state index >= 15 is 0 Å². The highest BCUT2D eigenvalue weighted by Gasteiger charge is 2.12. The summed E-state index contributed by atoms with van der Waals surface area (Å²) in [5, 5.41) is 11.0. The predicted molar refractivity (Wildman–Crippen MR) is 76.2 cm³/mol. The SMILES string of the molecule is O=C(Cn1nnc2ccccc21)NCCN1CCCC1. The molecule has 1 saturated heterocycles. The summed E-state index contributed by atoms with van der Waals surface area (Å²) in [6.45, 7) is 4.17. The van der Waals surface area contributed by atoms with Gasteiger partial charge in [0.25, 0.3) is 0 Å². The third-order valence-corrected chi connectivity index (χ3v) is 3.66. The van der Waals surface area contributed by atoms with Crippen LogP contribution in [-0.4, -0.2) is 52.0 Å². The van der Waals surface area contributed by atoms with Gasteiger partial charge in [0, 0.05) is 13.1 Å². The number of amides is 1. The fourth-order valence-corrected chi connectivity index (χ4v) is 2.59. The summed E-state index contributed by atoms with van der Waals surface area (Å²) in [5.74, 6) is -0.0140. The van der Waals surface area contributed by atoms with E-state index in [4.69, 9.17) is 0 Å². The maximum atomic E-state index is 11.9. The van der Waals surface area contributed by atoms with Gasteiger partial charge in [-0.1, -0.05) is 17.3 Å². The number of nitrogens with zero attached hydrogens (tertiary/aromatic N) is 4. The molecule has 1 aliphatic rings. The third kappa shape index (κ3) is 2.96. The van der Waals surface area contributed by atoms with Gasteiger partial charge < -0.3 is 10.2 Å². The maximum Gasteiger partial charge on any atom is 0.241 e. The van der Waals surface area contributed by atoms with Crippen molar-refractivity contribution in [2.24, 2.45) is 0 Å². The molecule has 1 aromatic carbocycles. The third-order valence-electron chi connectivity index (χ3n) is 3.66. The van der Waals surface area contributed by atoms with E-state index in [1.807, 2.05) is 24.3 Å². The number of carbonyl (C=O) groups is 1. The molecule has 2 heterocycles. The van der Waals surface area contributed by atoms with Crippen molar-refractivity contribution in [3.63, 3.8) is 0 Å². The normalized spacial score (nSPS) is 15.8. The first-order valence-corrected chi connectivity index (χ1v) is 7.10. The van der Waals surface area contributed by atoms with Crippen molar-refractivity contribution in [3.05, 3.63) is 24.3 Å². The highest BCUT2D eigenvalue weighted by Crippen LogP contribution is 2.09. The molecule has 2 aromatic rings. The van der Waals surface area contributed by atoms with Gasteiger partial charge in [-0.3, -0.25) is 4.79 Å². The van der Waals surface area contributed by atoms with Crippen LogP contribution in [0.25, 0.3) is 11.0 Å². The lowest BCUT2D eigenvalue weighted by Gasteiger charge is -2.14. The molecule has 0 saturated carbocycles. The lowest BCUT2D eigenvalue weighted by Crippen LogP contribution is -2.35. The fourth-order valence-electron chi connectivity index (χ4n) is 2.59. The van der Waals surface area contributed by atoms with Gasteiger partial charge in [-0.25, -0.2) is 4.68 Å². The van der Waals surface area contributed by atoms with Gasteiger partial charge in [-0.05, 0) is 38.1 Å². The summed E-state index contributed by atoms with van der Waals surface area (Å²) in [7, 11) is 0. The van der Waals surface area contributed by atoms with E-state index < -0.39 is 0 Å². The second-order valence-corrected chi connectivity index (χ2v) is 5.13. The number of nitrogens with one attached hydrogen (secondary N) is 1. The molecule has 106 valence electrons. The van der Waals surface area contributed by atoms with E-state index in [0.29, 0.717) is 6.54 Å². The summed E-state index contributed by atoms with van der Waals surface area (Å²) in [6, 6.07) is 7.65. The van der Waals surface area contributed by atoms with Gasteiger partial charge in [0.1, 0.15) is 12.1 Å². The van der Waals surface area contributed by atoms with Crippen LogP contribution in [-0.2, 0) is 11.3 Å². The van der Waals surface area contributed by atoms with Crippen LogP contribution < -0.4 is 5.32 Å². The van der Waals surface area contributed by atoms with Crippen molar-refractivity contribution in [2.75, 3.05) is 26.2 Å². The first-order chi connectivity index (χ1) is 9.83. The topological polar surface area (TPSA) is 63.1 Å². The van der Waals surface area contributed by atoms with E-state index in [0.717, 1.165) is 30.7 Å². The molecular weight excluding hydrogens is 254 g/mol. The number of benzene rings is 1. The number of fused-ring (bicyclic) bond motifs is 1. The standard InChI is InChI=1S/C14H19N5O/c20-14(15-7-10-18-8-3-4-9-18)11-19-13-6-2-1-5-12(13)16-17-19/h1-2,5-6H,3-4,7-11H2,(H,15,20). The average molecular weight is 273 g/mol. The Bertz CT molecular complexity index is 588. The average Bonchev–Trinajstić information content (AvgIpc) is 3.09. The maximum absolute atomic E-state index is 11.9. The largest absolute Gasteiger partial charge is 0.353 e. The summed E-state index contributed by atoms with van der Waals surface area (Å²) in [6.07, 6.45) is 2.55. The molecule has 1 amide bonds. The molecule has 20 heavy (non-hydrogen) atoms. The molecule has 6 nitrogen and oxygen atoms in total. The van der Waals surface area contributed by atoms with Crippen LogP contribution in [0.4, 0.5) is 0 Å². The Morgan fingerprint density at radius 2 is 2.05 bits per heavy atom. The van der Waals surface area contributed by atoms with Gasteiger partial charge in [-0.2, -0.15) is 0 Å². The number of hydrogen-bond acceptors (Lipinski definition) is 4. The number of rotatable bonds is 5. The van der Waals surface area contributed by atoms with Gasteiger partial charge in [-0.15, -0.1) is 5.10 Å². The lowest BCUT2D eigenvalue weighted by molar-refractivity contribution is -0.121. The molecule has 0 aliphatic carbocycles. The summed E-state index contributed by atoms with van der Waals surface area (Å²) in [4.78, 5) is 14.3. The van der Waals surface area contributed by atoms with Crippen molar-refractivity contribution >= 4 is 16.9 Å². The molecule has 0 unspecified atom stereocenters. The monoisotopic (exact) mass is 273 g/mol. The van der Waals surface area contributed by atoms with E-state index in [1.165, 1.54) is 12.8 Å². The summed E-state index contributed by atoms with van der Waals surface area (Å²) >= 11 is 0. The molecule has 6 heteroatoms. The number of para-hydroxylation sites is 1. The van der Waals surface area contributed by atoms with Crippen LogP contribution >= 0.6 is 0 Å². The molecule has 1 aliphatic heterocycles. The zero-order valence-electron chi connectivity index (χ0n) is 11.5. The highest BCUT2D eigenvalue weighted by atomic mass is 16.2. The Hall–Kier alpha value is -1.95. The van der Waals surface area contributed by atoms with Crippen LogP contribution in [0.15, 0.2) is 24.3 Å². The fraction of sp³-hybridized carbons (Fsp3) is 0.500. The Balaban J connectivity index is 1.50. The highest BCUT2D eigenvalue weighted by molar-refractivity contribution is 5.79. The molecule has 3 rings (SSSR count). The van der Waals surface area contributed by atoms with Crippen molar-refractivity contribution in [1.29, 1.82) is 0 Å². The first kappa shape index (κ1) is 13.1. The van der Waals surface area contributed by atoms with E-state index in [-0.39, 0.29) is 12.5 Å². The minimum absolute atomic E-state index is 0.0140. The van der Waals surface area contributed by atoms with Gasteiger partial charge in [0.2, 0.25) is 5.91 Å². The van der Waals surface area contributed by atoms with Crippen molar-refractivity contribution < 1.29 is 4.79 Å². The van der Waals surface area contributed by atoms with E-state index in [1.54, 1.807) is 4.68 Å². The molecule has 1 N–H and O–H groups in total. The lowest BCUT2D eigenvalue weighted by atomic mass is 10.3. The van der Waals surface area contributed by atoms with Crippen molar-refractivity contribution in [3.8, 4) is 0 Å². The molecule has 0 spiro atoms. The number of likely N-dealkylation sites (tertiary alicyclic amines) is 1. The van der Waals surface area contributed by atoms with Crippen molar-refractivity contribution in [1.82, 2.24) is 25.2 Å². The van der Waals surface area contributed by atoms with E-state index in [2.05, 4.69) is 20.5 Å². The predicted octanol–water partition coefficient (Wildman–Crippen LogP) is 0.643. The molecular formula is C14H19N5O. The van der Waals surface area contributed by atoms with Gasteiger partial charge in [0.05, 0.1) is 5.52 Å².